The minimum atomic E-state index is -1.00. The molecule has 0 spiro atoms. The molecule has 0 radical (unpaired) electrons. The van der Waals surface area contributed by atoms with Gasteiger partial charge in [0.2, 0.25) is 0 Å². The maximum Gasteiger partial charge on any atom is 0.305 e. The lowest BCUT2D eigenvalue weighted by molar-refractivity contribution is -0.137. The van der Waals surface area contributed by atoms with Gasteiger partial charge >= 0.3 is 5.97 Å². The average Bonchev–Trinajstić information content (AvgIpc) is 3.37. The van der Waals surface area contributed by atoms with Crippen LogP contribution in [0.15, 0.2) is 71.9 Å². The van der Waals surface area contributed by atoms with Gasteiger partial charge in [-0.15, -0.1) is 0 Å². The maximum atomic E-state index is 10.9. The van der Waals surface area contributed by atoms with Crippen molar-refractivity contribution >= 4 is 11.7 Å². The number of aryl methyl sites for hydroxylation is 2. The molecule has 1 aliphatic rings. The lowest BCUT2D eigenvalue weighted by Gasteiger charge is -2.12. The molecule has 1 N–H and O–H groups in total. The molecule has 0 heterocycles. The molecule has 1 unspecified atom stereocenters. The number of carboxylic acid groups (broad SMARTS) is 1. The number of benzene rings is 3. The summed E-state index contributed by atoms with van der Waals surface area (Å²) in [6.07, 6.45) is 3.21. The van der Waals surface area contributed by atoms with Crippen LogP contribution in [0.5, 0.6) is 11.5 Å². The number of nitrogens with zero attached hydrogens (tertiary/aromatic N) is 2. The van der Waals surface area contributed by atoms with E-state index in [-0.39, 0.29) is 6.42 Å². The fourth-order valence-electron chi connectivity index (χ4n) is 4.23. The van der Waals surface area contributed by atoms with Gasteiger partial charge in [-0.05, 0) is 71.8 Å². The standard InChI is InChI=1S/C29H28N2O5/c1-34-31-28(24-8-7-21-3-2-4-23(21)15-24)19-36-26-11-5-20(6-12-26)18-35-27-13-9-22(10-14-27)25(17-30)16-29(32)33/h5-15,25H,2-4,16,18-19H2,1H3,(H,32,33)/b31-28+. The van der Waals surface area contributed by atoms with E-state index < -0.39 is 11.9 Å². The third-order valence-corrected chi connectivity index (χ3v) is 6.15. The lowest BCUT2D eigenvalue weighted by atomic mass is 9.97. The number of hydrogen-bond donors (Lipinski definition) is 1. The molecule has 4 rings (SSSR count). The predicted molar refractivity (Wildman–Crippen MR) is 135 cm³/mol. The van der Waals surface area contributed by atoms with Gasteiger partial charge in [-0.1, -0.05) is 41.6 Å². The Hall–Kier alpha value is -4.31. The molecule has 3 aromatic rings. The number of aliphatic carboxylic acids is 1. The van der Waals surface area contributed by atoms with Crippen LogP contribution in [0.4, 0.5) is 0 Å². The summed E-state index contributed by atoms with van der Waals surface area (Å²) in [6, 6.07) is 23.0. The minimum absolute atomic E-state index is 0.225. The molecule has 0 fully saturated rings. The normalized spacial score (nSPS) is 13.4. The number of hydrogen-bond acceptors (Lipinski definition) is 6. The Kier molecular flexibility index (Phi) is 8.20. The van der Waals surface area contributed by atoms with Gasteiger partial charge in [0.1, 0.15) is 37.5 Å². The van der Waals surface area contributed by atoms with Crippen LogP contribution in [-0.2, 0) is 29.1 Å². The summed E-state index contributed by atoms with van der Waals surface area (Å²) in [4.78, 5) is 16.0. The van der Waals surface area contributed by atoms with Crippen LogP contribution in [0.2, 0.25) is 0 Å². The van der Waals surface area contributed by atoms with Gasteiger partial charge in [-0.25, -0.2) is 0 Å². The summed E-state index contributed by atoms with van der Waals surface area (Å²) in [5.41, 5.74) is 6.17. The second-order valence-corrected chi connectivity index (χ2v) is 8.63. The highest BCUT2D eigenvalue weighted by Gasteiger charge is 2.15. The quantitative estimate of drug-likeness (QED) is 0.294. The van der Waals surface area contributed by atoms with Gasteiger partial charge in [0, 0.05) is 5.56 Å². The molecule has 0 aliphatic heterocycles. The van der Waals surface area contributed by atoms with Crippen molar-refractivity contribution in [1.82, 2.24) is 0 Å². The summed E-state index contributed by atoms with van der Waals surface area (Å²) in [5.74, 6) is -0.323. The van der Waals surface area contributed by atoms with Crippen LogP contribution in [-0.4, -0.2) is 30.5 Å². The molecule has 184 valence electrons. The molecule has 0 saturated heterocycles. The molecular formula is C29H28N2O5. The van der Waals surface area contributed by atoms with E-state index in [2.05, 4.69) is 23.4 Å². The third kappa shape index (κ3) is 6.42. The van der Waals surface area contributed by atoms with Crippen LogP contribution < -0.4 is 9.47 Å². The van der Waals surface area contributed by atoms with E-state index in [1.165, 1.54) is 24.7 Å². The number of fused-ring (bicyclic) bond motifs is 1. The van der Waals surface area contributed by atoms with Crippen molar-refractivity contribution in [2.24, 2.45) is 5.16 Å². The van der Waals surface area contributed by atoms with Gasteiger partial charge in [-0.2, -0.15) is 5.26 Å². The molecule has 7 heteroatoms. The number of rotatable bonds is 11. The largest absolute Gasteiger partial charge is 0.489 e. The molecule has 1 aliphatic carbocycles. The molecule has 3 aromatic carbocycles. The average molecular weight is 485 g/mol. The van der Waals surface area contributed by atoms with Crippen molar-refractivity contribution in [2.45, 2.75) is 38.2 Å². The van der Waals surface area contributed by atoms with Gasteiger partial charge in [0.25, 0.3) is 0 Å². The van der Waals surface area contributed by atoms with Crippen LogP contribution in [0.1, 0.15) is 46.6 Å². The number of ether oxygens (including phenoxy) is 2. The lowest BCUT2D eigenvalue weighted by Crippen LogP contribution is -2.14. The highest BCUT2D eigenvalue weighted by atomic mass is 16.6. The molecule has 7 nitrogen and oxygen atoms in total. The van der Waals surface area contributed by atoms with Gasteiger partial charge in [0.05, 0.1) is 18.4 Å². The number of nitriles is 1. The van der Waals surface area contributed by atoms with Gasteiger partial charge < -0.3 is 19.4 Å². The summed E-state index contributed by atoms with van der Waals surface area (Å²) >= 11 is 0. The van der Waals surface area contributed by atoms with Crippen molar-refractivity contribution in [2.75, 3.05) is 13.7 Å². The Balaban J connectivity index is 1.31. The Morgan fingerprint density at radius 1 is 1.00 bits per heavy atom. The van der Waals surface area contributed by atoms with E-state index in [0.29, 0.717) is 30.3 Å². The molecule has 36 heavy (non-hydrogen) atoms. The number of oxime groups is 1. The molecular weight excluding hydrogens is 456 g/mol. The topological polar surface area (TPSA) is 101 Å². The van der Waals surface area contributed by atoms with Crippen molar-refractivity contribution in [1.29, 1.82) is 5.26 Å². The van der Waals surface area contributed by atoms with Crippen molar-refractivity contribution in [3.05, 3.63) is 94.5 Å². The van der Waals surface area contributed by atoms with E-state index in [1.807, 2.05) is 30.3 Å². The minimum Gasteiger partial charge on any atom is -0.489 e. The Morgan fingerprint density at radius 2 is 1.69 bits per heavy atom. The fourth-order valence-corrected chi connectivity index (χ4v) is 4.23. The first-order chi connectivity index (χ1) is 17.6. The molecule has 0 aromatic heterocycles. The summed E-state index contributed by atoms with van der Waals surface area (Å²) in [7, 11) is 1.54. The summed E-state index contributed by atoms with van der Waals surface area (Å²) in [6.45, 7) is 0.655. The monoisotopic (exact) mass is 484 g/mol. The van der Waals surface area contributed by atoms with Gasteiger partial charge in [-0.3, -0.25) is 4.79 Å². The van der Waals surface area contributed by atoms with Crippen LogP contribution in [0, 0.1) is 11.3 Å². The number of carboxylic acids is 1. The first kappa shape index (κ1) is 24.8. The Bertz CT molecular complexity index is 1260. The molecule has 0 amide bonds. The first-order valence-corrected chi connectivity index (χ1v) is 11.8. The van der Waals surface area contributed by atoms with E-state index in [9.17, 15) is 10.1 Å². The second-order valence-electron chi connectivity index (χ2n) is 8.63. The summed E-state index contributed by atoms with van der Waals surface area (Å²) in [5, 5.41) is 22.3. The highest BCUT2D eigenvalue weighted by molar-refractivity contribution is 6.01. The molecule has 1 atom stereocenters. The zero-order valence-electron chi connectivity index (χ0n) is 20.1. The van der Waals surface area contributed by atoms with Gasteiger partial charge in [0.15, 0.2) is 0 Å². The fraction of sp³-hybridized carbons (Fsp3) is 0.276. The number of carbonyl (C=O) groups is 1. The Labute approximate surface area is 210 Å². The highest BCUT2D eigenvalue weighted by Crippen LogP contribution is 2.24. The Morgan fingerprint density at radius 3 is 2.39 bits per heavy atom. The third-order valence-electron chi connectivity index (χ3n) is 6.15. The molecule has 0 bridgehead atoms. The van der Waals surface area contributed by atoms with Crippen LogP contribution in [0.3, 0.4) is 0 Å². The van der Waals surface area contributed by atoms with Crippen molar-refractivity contribution in [3.8, 4) is 17.6 Å². The predicted octanol–water partition coefficient (Wildman–Crippen LogP) is 5.27. The second kappa shape index (κ2) is 11.9. The van der Waals surface area contributed by atoms with E-state index in [1.54, 1.807) is 24.3 Å². The van der Waals surface area contributed by atoms with Crippen molar-refractivity contribution < 1.29 is 24.2 Å². The maximum absolute atomic E-state index is 10.9. The summed E-state index contributed by atoms with van der Waals surface area (Å²) < 4.78 is 11.8. The zero-order valence-corrected chi connectivity index (χ0v) is 20.1. The van der Waals surface area contributed by atoms with E-state index in [0.717, 1.165) is 29.7 Å². The SMILES string of the molecule is CO/N=C(\COc1ccc(COc2ccc(C(C#N)CC(=O)O)cc2)cc1)c1ccc2c(c1)CCC2. The van der Waals surface area contributed by atoms with Crippen molar-refractivity contribution in [3.63, 3.8) is 0 Å². The van der Waals surface area contributed by atoms with Crippen LogP contribution in [0.25, 0.3) is 0 Å². The van der Waals surface area contributed by atoms with E-state index >= 15 is 0 Å². The van der Waals surface area contributed by atoms with E-state index in [4.69, 9.17) is 19.4 Å². The zero-order chi connectivity index (χ0) is 25.3. The first-order valence-electron chi connectivity index (χ1n) is 11.8. The molecule has 0 saturated carbocycles. The van der Waals surface area contributed by atoms with Crippen LogP contribution >= 0.6 is 0 Å². The smallest absolute Gasteiger partial charge is 0.305 e.